The Kier molecular flexibility index (Phi) is 4.76. The zero-order valence-corrected chi connectivity index (χ0v) is 10.4. The van der Waals surface area contributed by atoms with E-state index in [-0.39, 0.29) is 11.9 Å². The molecule has 1 amide bonds. The largest absolute Gasteiger partial charge is 0.383 e. The zero-order chi connectivity index (χ0) is 12.1. The number of hydrogen-bond donors (Lipinski definition) is 1. The number of hydrogen-bond acceptors (Lipinski definition) is 3. The lowest BCUT2D eigenvalue weighted by molar-refractivity contribution is 0.0906. The Morgan fingerprint density at radius 1 is 1.75 bits per heavy atom. The van der Waals surface area contributed by atoms with Gasteiger partial charge in [-0.15, -0.1) is 11.6 Å². The summed E-state index contributed by atoms with van der Waals surface area (Å²) in [5, 5.41) is 6.80. The van der Waals surface area contributed by atoms with Crippen molar-refractivity contribution < 1.29 is 9.53 Å². The van der Waals surface area contributed by atoms with Crippen molar-refractivity contribution >= 4 is 17.5 Å². The van der Waals surface area contributed by atoms with Gasteiger partial charge in [0, 0.05) is 25.7 Å². The van der Waals surface area contributed by atoms with Crippen molar-refractivity contribution in [1.29, 1.82) is 0 Å². The summed E-state index contributed by atoms with van der Waals surface area (Å²) in [7, 11) is 3.36. The fraction of sp³-hybridized carbons (Fsp3) is 0.600. The Morgan fingerprint density at radius 2 is 2.44 bits per heavy atom. The van der Waals surface area contributed by atoms with Gasteiger partial charge in [-0.25, -0.2) is 0 Å². The van der Waals surface area contributed by atoms with E-state index in [0.29, 0.717) is 18.1 Å². The molecule has 1 heterocycles. The highest BCUT2D eigenvalue weighted by Gasteiger charge is 2.16. The molecule has 1 atom stereocenters. The molecule has 5 nitrogen and oxygen atoms in total. The number of methoxy groups -OCH3 is 1. The maximum atomic E-state index is 11.8. The van der Waals surface area contributed by atoms with Crippen LogP contribution < -0.4 is 5.32 Å². The maximum Gasteiger partial charge on any atom is 0.255 e. The fourth-order valence-electron chi connectivity index (χ4n) is 1.31. The quantitative estimate of drug-likeness (QED) is 0.778. The monoisotopic (exact) mass is 245 g/mol. The summed E-state index contributed by atoms with van der Waals surface area (Å²) in [6.45, 7) is 2.24. The van der Waals surface area contributed by atoms with Crippen LogP contribution in [0.4, 0.5) is 0 Å². The lowest BCUT2D eigenvalue weighted by Crippen LogP contribution is -2.39. The molecule has 0 saturated heterocycles. The van der Waals surface area contributed by atoms with Crippen LogP contribution in [-0.2, 0) is 11.8 Å². The first-order chi connectivity index (χ1) is 7.60. The zero-order valence-electron chi connectivity index (χ0n) is 9.66. The van der Waals surface area contributed by atoms with Crippen molar-refractivity contribution in [3.63, 3.8) is 0 Å². The van der Waals surface area contributed by atoms with E-state index in [1.807, 2.05) is 6.92 Å². The summed E-state index contributed by atoms with van der Waals surface area (Å²) in [4.78, 5) is 11.8. The minimum atomic E-state index is -0.182. The molecule has 0 aliphatic heterocycles. The number of carbonyl (C=O) groups excluding carboxylic acids is 1. The van der Waals surface area contributed by atoms with E-state index in [1.165, 1.54) is 0 Å². The van der Waals surface area contributed by atoms with Crippen LogP contribution in [0.25, 0.3) is 0 Å². The van der Waals surface area contributed by atoms with E-state index in [4.69, 9.17) is 16.3 Å². The van der Waals surface area contributed by atoms with Crippen molar-refractivity contribution in [2.45, 2.75) is 13.0 Å². The van der Waals surface area contributed by atoms with E-state index in [2.05, 4.69) is 10.4 Å². The molecule has 0 spiro atoms. The lowest BCUT2D eigenvalue weighted by Gasteiger charge is -2.14. The van der Waals surface area contributed by atoms with Crippen LogP contribution in [0.2, 0.25) is 0 Å². The predicted molar refractivity (Wildman–Crippen MR) is 61.8 cm³/mol. The summed E-state index contributed by atoms with van der Waals surface area (Å²) in [5.74, 6) is 0.145. The minimum absolute atomic E-state index is 0.173. The van der Waals surface area contributed by atoms with Crippen LogP contribution in [0.3, 0.4) is 0 Å². The first kappa shape index (κ1) is 13.0. The highest BCUT2D eigenvalue weighted by Crippen LogP contribution is 2.05. The van der Waals surface area contributed by atoms with Crippen LogP contribution in [0.1, 0.15) is 16.1 Å². The average Bonchev–Trinajstić information content (AvgIpc) is 2.59. The smallest absolute Gasteiger partial charge is 0.255 e. The molecule has 0 saturated carbocycles. The van der Waals surface area contributed by atoms with E-state index in [0.717, 1.165) is 5.69 Å². The summed E-state index contributed by atoms with van der Waals surface area (Å²) in [6.07, 6.45) is 1.54. The van der Waals surface area contributed by atoms with Crippen LogP contribution in [-0.4, -0.2) is 41.3 Å². The molecule has 0 aliphatic rings. The van der Waals surface area contributed by atoms with E-state index < -0.39 is 0 Å². The number of ether oxygens (including phenoxy) is 1. The highest BCUT2D eigenvalue weighted by molar-refractivity contribution is 6.18. The Bertz CT molecular complexity index is 365. The molecule has 0 aromatic carbocycles. The summed E-state index contributed by atoms with van der Waals surface area (Å²) < 4.78 is 6.60. The normalized spacial score (nSPS) is 12.5. The topological polar surface area (TPSA) is 56.1 Å². The Labute approximate surface area is 99.7 Å². The standard InChI is InChI=1S/C10H16ClN3O2/c1-7-9(5-12-14(7)2)10(15)13-8(4-11)6-16-3/h5,8H,4,6H2,1-3H3,(H,13,15). The van der Waals surface area contributed by atoms with Gasteiger partial charge < -0.3 is 10.1 Å². The van der Waals surface area contributed by atoms with Crippen LogP contribution in [0.5, 0.6) is 0 Å². The Morgan fingerprint density at radius 3 is 2.88 bits per heavy atom. The first-order valence-electron chi connectivity index (χ1n) is 4.94. The highest BCUT2D eigenvalue weighted by atomic mass is 35.5. The second kappa shape index (κ2) is 5.86. The molecule has 16 heavy (non-hydrogen) atoms. The number of rotatable bonds is 5. The first-order valence-corrected chi connectivity index (χ1v) is 5.48. The Balaban J connectivity index is 2.68. The molecule has 0 bridgehead atoms. The molecule has 0 aliphatic carbocycles. The van der Waals surface area contributed by atoms with Gasteiger partial charge in [0.2, 0.25) is 0 Å². The van der Waals surface area contributed by atoms with Crippen molar-refractivity contribution in [1.82, 2.24) is 15.1 Å². The van der Waals surface area contributed by atoms with Gasteiger partial charge in [-0.3, -0.25) is 9.48 Å². The van der Waals surface area contributed by atoms with E-state index in [9.17, 15) is 4.79 Å². The van der Waals surface area contributed by atoms with Crippen LogP contribution in [0.15, 0.2) is 6.20 Å². The van der Waals surface area contributed by atoms with Gasteiger partial charge >= 0.3 is 0 Å². The molecule has 1 unspecified atom stereocenters. The third-order valence-electron chi connectivity index (χ3n) is 2.37. The number of alkyl halides is 1. The number of carbonyl (C=O) groups is 1. The van der Waals surface area contributed by atoms with Crippen LogP contribution in [0, 0.1) is 6.92 Å². The van der Waals surface area contributed by atoms with Crippen molar-refractivity contribution in [2.24, 2.45) is 7.05 Å². The summed E-state index contributed by atoms with van der Waals surface area (Å²) >= 11 is 5.71. The van der Waals surface area contributed by atoms with Gasteiger partial charge in [0.15, 0.2) is 0 Å². The maximum absolute atomic E-state index is 11.8. The second-order valence-corrected chi connectivity index (χ2v) is 3.86. The fourth-order valence-corrected chi connectivity index (χ4v) is 1.48. The molecular weight excluding hydrogens is 230 g/mol. The van der Waals surface area contributed by atoms with E-state index in [1.54, 1.807) is 25.0 Å². The molecule has 90 valence electrons. The van der Waals surface area contributed by atoms with Gasteiger partial charge in [0.1, 0.15) is 0 Å². The molecule has 1 aromatic rings. The van der Waals surface area contributed by atoms with Crippen molar-refractivity contribution in [3.05, 3.63) is 17.5 Å². The summed E-state index contributed by atoms with van der Waals surface area (Å²) in [6, 6.07) is -0.182. The van der Waals surface area contributed by atoms with Gasteiger partial charge in [-0.05, 0) is 6.92 Å². The molecular formula is C10H16ClN3O2. The second-order valence-electron chi connectivity index (χ2n) is 3.55. The van der Waals surface area contributed by atoms with Crippen molar-refractivity contribution in [3.8, 4) is 0 Å². The molecule has 1 rings (SSSR count). The van der Waals surface area contributed by atoms with Gasteiger partial charge in [0.25, 0.3) is 5.91 Å². The molecule has 0 fully saturated rings. The van der Waals surface area contributed by atoms with E-state index >= 15 is 0 Å². The average molecular weight is 246 g/mol. The van der Waals surface area contributed by atoms with Gasteiger partial charge in [-0.2, -0.15) is 5.10 Å². The molecule has 1 N–H and O–H groups in total. The van der Waals surface area contributed by atoms with Crippen LogP contribution >= 0.6 is 11.6 Å². The minimum Gasteiger partial charge on any atom is -0.383 e. The third-order valence-corrected chi connectivity index (χ3v) is 2.74. The molecule has 0 radical (unpaired) electrons. The lowest BCUT2D eigenvalue weighted by atomic mass is 10.2. The number of aryl methyl sites for hydroxylation is 1. The number of amides is 1. The number of halogens is 1. The molecule has 6 heteroatoms. The number of aromatic nitrogens is 2. The molecule has 1 aromatic heterocycles. The van der Waals surface area contributed by atoms with Crippen molar-refractivity contribution in [2.75, 3.05) is 19.6 Å². The SMILES string of the molecule is COCC(CCl)NC(=O)c1cnn(C)c1C. The number of nitrogens with one attached hydrogen (secondary N) is 1. The van der Waals surface area contributed by atoms with Gasteiger partial charge in [-0.1, -0.05) is 0 Å². The third kappa shape index (κ3) is 2.96. The van der Waals surface area contributed by atoms with Gasteiger partial charge in [0.05, 0.1) is 24.4 Å². The Hall–Kier alpha value is -1.07. The predicted octanol–water partition coefficient (Wildman–Crippen LogP) is 0.712. The summed E-state index contributed by atoms with van der Waals surface area (Å²) in [5.41, 5.74) is 1.39. The number of nitrogens with zero attached hydrogens (tertiary/aromatic N) is 2.